The number of hydrogen-bond acceptors (Lipinski definition) is 6. The highest BCUT2D eigenvalue weighted by Crippen LogP contribution is 2.24. The molecular weight excluding hydrogens is 444 g/mol. The molecule has 1 saturated heterocycles. The first-order chi connectivity index (χ1) is 15.6. The normalized spacial score (nSPS) is 15.2. The van der Waals surface area contributed by atoms with Gasteiger partial charge in [0.25, 0.3) is 0 Å². The van der Waals surface area contributed by atoms with Crippen LogP contribution in [0, 0.1) is 0 Å². The fourth-order valence-corrected chi connectivity index (χ4v) is 5.98. The van der Waals surface area contributed by atoms with Crippen molar-refractivity contribution in [3.05, 3.63) is 82.0 Å². The van der Waals surface area contributed by atoms with Crippen LogP contribution in [-0.4, -0.2) is 51.0 Å². The van der Waals surface area contributed by atoms with Gasteiger partial charge in [-0.05, 0) is 35.2 Å². The van der Waals surface area contributed by atoms with Gasteiger partial charge in [-0.1, -0.05) is 36.4 Å². The van der Waals surface area contributed by atoms with Gasteiger partial charge in [0.15, 0.2) is 0 Å². The van der Waals surface area contributed by atoms with Crippen LogP contribution >= 0.6 is 11.3 Å². The molecule has 3 aromatic rings. The van der Waals surface area contributed by atoms with E-state index in [-0.39, 0.29) is 0 Å². The standard InChI is InChI=1S/C24H28N2O4S2/c1-29-24-7-3-2-5-21(24)18-25(19-22-6-4-16-31-22)17-20-8-10-23(11-9-20)32(27,28)26-12-14-30-15-13-26/h2-11,16H,12-15,17-19H2,1H3. The van der Waals surface area contributed by atoms with Crippen LogP contribution in [0.5, 0.6) is 5.75 Å². The molecule has 0 unspecified atom stereocenters. The van der Waals surface area contributed by atoms with Gasteiger partial charge in [0.2, 0.25) is 10.0 Å². The van der Waals surface area contributed by atoms with Crippen molar-refractivity contribution >= 4 is 21.4 Å². The van der Waals surface area contributed by atoms with Crippen LogP contribution in [0.1, 0.15) is 16.0 Å². The van der Waals surface area contributed by atoms with E-state index < -0.39 is 10.0 Å². The second kappa shape index (κ2) is 10.6. The van der Waals surface area contributed by atoms with Gasteiger partial charge in [0.1, 0.15) is 5.75 Å². The Kier molecular flexibility index (Phi) is 7.59. The van der Waals surface area contributed by atoms with E-state index in [2.05, 4.69) is 28.5 Å². The minimum atomic E-state index is -3.48. The highest BCUT2D eigenvalue weighted by atomic mass is 32.2. The summed E-state index contributed by atoms with van der Waals surface area (Å²) in [5, 5.41) is 2.09. The molecule has 0 amide bonds. The van der Waals surface area contributed by atoms with E-state index in [0.29, 0.717) is 37.7 Å². The number of morpholine rings is 1. The first-order valence-electron chi connectivity index (χ1n) is 10.6. The summed E-state index contributed by atoms with van der Waals surface area (Å²) in [6.45, 7) is 3.93. The van der Waals surface area contributed by atoms with Crippen LogP contribution in [0.3, 0.4) is 0 Å². The lowest BCUT2D eigenvalue weighted by Crippen LogP contribution is -2.40. The molecule has 0 radical (unpaired) electrons. The number of rotatable bonds is 9. The molecule has 6 nitrogen and oxygen atoms in total. The highest BCUT2D eigenvalue weighted by molar-refractivity contribution is 7.89. The maximum Gasteiger partial charge on any atom is 0.243 e. The molecule has 0 saturated carbocycles. The summed E-state index contributed by atoms with van der Waals surface area (Å²) < 4.78 is 38.1. The smallest absolute Gasteiger partial charge is 0.243 e. The number of sulfonamides is 1. The van der Waals surface area contributed by atoms with Gasteiger partial charge in [-0.3, -0.25) is 4.90 Å². The lowest BCUT2D eigenvalue weighted by atomic mass is 10.1. The van der Waals surface area contributed by atoms with Crippen molar-refractivity contribution in [1.29, 1.82) is 0 Å². The first-order valence-corrected chi connectivity index (χ1v) is 12.9. The summed E-state index contributed by atoms with van der Waals surface area (Å²) in [5.41, 5.74) is 2.19. The molecule has 1 aliphatic heterocycles. The molecular formula is C24H28N2O4S2. The molecule has 2 heterocycles. The number of para-hydroxylation sites is 1. The van der Waals surface area contributed by atoms with Crippen molar-refractivity contribution in [3.8, 4) is 5.75 Å². The SMILES string of the molecule is COc1ccccc1CN(Cc1ccc(S(=O)(=O)N2CCOCC2)cc1)Cc1cccs1. The average molecular weight is 473 g/mol. The topological polar surface area (TPSA) is 59.1 Å². The van der Waals surface area contributed by atoms with Gasteiger partial charge in [-0.15, -0.1) is 11.3 Å². The average Bonchev–Trinajstić information content (AvgIpc) is 3.33. The molecule has 0 bridgehead atoms. The lowest BCUT2D eigenvalue weighted by Gasteiger charge is -2.26. The van der Waals surface area contributed by atoms with E-state index in [4.69, 9.17) is 9.47 Å². The fraction of sp³-hybridized carbons (Fsp3) is 0.333. The molecule has 8 heteroatoms. The minimum absolute atomic E-state index is 0.331. The summed E-state index contributed by atoms with van der Waals surface area (Å²) in [5.74, 6) is 0.871. The number of ether oxygens (including phenoxy) is 2. The molecule has 0 atom stereocenters. The number of hydrogen-bond donors (Lipinski definition) is 0. The van der Waals surface area contributed by atoms with Crippen LogP contribution in [0.2, 0.25) is 0 Å². The van der Waals surface area contributed by atoms with E-state index >= 15 is 0 Å². The molecule has 1 fully saturated rings. The van der Waals surface area contributed by atoms with E-state index in [9.17, 15) is 8.42 Å². The molecule has 32 heavy (non-hydrogen) atoms. The Bertz CT molecular complexity index is 1090. The quantitative estimate of drug-likeness (QED) is 0.472. The van der Waals surface area contributed by atoms with E-state index in [1.807, 2.05) is 30.3 Å². The second-order valence-electron chi connectivity index (χ2n) is 7.70. The van der Waals surface area contributed by atoms with Gasteiger partial charge in [0.05, 0.1) is 25.2 Å². The summed E-state index contributed by atoms with van der Waals surface area (Å²) in [7, 11) is -1.79. The van der Waals surface area contributed by atoms with E-state index in [1.165, 1.54) is 9.18 Å². The number of thiophene rings is 1. The molecule has 1 aromatic heterocycles. The van der Waals surface area contributed by atoms with Gasteiger partial charge in [-0.25, -0.2) is 8.42 Å². The van der Waals surface area contributed by atoms with E-state index in [0.717, 1.165) is 30.0 Å². The van der Waals surface area contributed by atoms with Crippen molar-refractivity contribution in [3.63, 3.8) is 0 Å². The van der Waals surface area contributed by atoms with Crippen molar-refractivity contribution in [2.24, 2.45) is 0 Å². The van der Waals surface area contributed by atoms with E-state index in [1.54, 1.807) is 30.6 Å². The van der Waals surface area contributed by atoms with Crippen molar-refractivity contribution in [2.45, 2.75) is 24.5 Å². The molecule has 170 valence electrons. The Morgan fingerprint density at radius 3 is 2.41 bits per heavy atom. The zero-order chi connectivity index (χ0) is 22.4. The molecule has 0 spiro atoms. The minimum Gasteiger partial charge on any atom is -0.496 e. The number of nitrogens with zero attached hydrogens (tertiary/aromatic N) is 2. The second-order valence-corrected chi connectivity index (χ2v) is 10.7. The Labute approximate surface area is 194 Å². The van der Waals surface area contributed by atoms with Gasteiger partial charge >= 0.3 is 0 Å². The fourth-order valence-electron chi connectivity index (χ4n) is 3.83. The number of methoxy groups -OCH3 is 1. The Hall–Kier alpha value is -2.23. The third-order valence-electron chi connectivity index (χ3n) is 5.48. The van der Waals surface area contributed by atoms with Crippen molar-refractivity contribution in [2.75, 3.05) is 33.4 Å². The maximum absolute atomic E-state index is 12.9. The lowest BCUT2D eigenvalue weighted by molar-refractivity contribution is 0.0730. The Morgan fingerprint density at radius 2 is 1.72 bits per heavy atom. The summed E-state index contributed by atoms with van der Waals surface area (Å²) >= 11 is 1.74. The molecule has 0 aliphatic carbocycles. The first kappa shape index (κ1) is 22.9. The number of benzene rings is 2. The Balaban J connectivity index is 1.51. The zero-order valence-corrected chi connectivity index (χ0v) is 19.8. The third-order valence-corrected chi connectivity index (χ3v) is 8.26. The Morgan fingerprint density at radius 1 is 0.969 bits per heavy atom. The molecule has 1 aliphatic rings. The highest BCUT2D eigenvalue weighted by Gasteiger charge is 2.26. The summed E-state index contributed by atoms with van der Waals surface area (Å²) in [6, 6.07) is 19.5. The van der Waals surface area contributed by atoms with Gasteiger partial charge < -0.3 is 9.47 Å². The predicted octanol–water partition coefficient (Wildman–Crippen LogP) is 3.98. The van der Waals surface area contributed by atoms with Crippen molar-refractivity contribution < 1.29 is 17.9 Å². The molecule has 0 N–H and O–H groups in total. The van der Waals surface area contributed by atoms with Gasteiger partial charge in [0, 0.05) is 43.2 Å². The monoisotopic (exact) mass is 472 g/mol. The van der Waals surface area contributed by atoms with Crippen LogP contribution in [0.4, 0.5) is 0 Å². The predicted molar refractivity (Wildman–Crippen MR) is 126 cm³/mol. The largest absolute Gasteiger partial charge is 0.496 e. The van der Waals surface area contributed by atoms with Crippen LogP contribution < -0.4 is 4.74 Å². The summed E-state index contributed by atoms with van der Waals surface area (Å²) in [6.07, 6.45) is 0. The summed E-state index contributed by atoms with van der Waals surface area (Å²) in [4.78, 5) is 3.96. The third kappa shape index (κ3) is 5.57. The van der Waals surface area contributed by atoms with Crippen LogP contribution in [0.15, 0.2) is 70.9 Å². The van der Waals surface area contributed by atoms with Crippen molar-refractivity contribution in [1.82, 2.24) is 9.21 Å². The van der Waals surface area contributed by atoms with Crippen LogP contribution in [0.25, 0.3) is 0 Å². The molecule has 4 rings (SSSR count). The maximum atomic E-state index is 12.9. The van der Waals surface area contributed by atoms with Gasteiger partial charge in [-0.2, -0.15) is 4.31 Å². The van der Waals surface area contributed by atoms with Crippen LogP contribution in [-0.2, 0) is 34.4 Å². The zero-order valence-electron chi connectivity index (χ0n) is 18.1. The molecule has 2 aromatic carbocycles.